The van der Waals surface area contributed by atoms with Gasteiger partial charge in [-0.2, -0.15) is 0 Å². The maximum atomic E-state index is 10.2. The number of nitrogens with zero attached hydrogens (tertiary/aromatic N) is 1. The highest BCUT2D eigenvalue weighted by atomic mass is 16.3. The van der Waals surface area contributed by atoms with Gasteiger partial charge in [-0.05, 0) is 44.1 Å². The third-order valence-electron chi connectivity index (χ3n) is 3.58. The van der Waals surface area contributed by atoms with Crippen LogP contribution in [0.2, 0.25) is 0 Å². The SMILES string of the molecule is CNCC(O)c1ccccc1C1CCN(C)C1. The van der Waals surface area contributed by atoms with Crippen molar-refractivity contribution in [2.45, 2.75) is 18.4 Å². The minimum Gasteiger partial charge on any atom is -0.387 e. The summed E-state index contributed by atoms with van der Waals surface area (Å²) in [6.45, 7) is 2.87. The van der Waals surface area contributed by atoms with Gasteiger partial charge >= 0.3 is 0 Å². The average molecular weight is 234 g/mol. The van der Waals surface area contributed by atoms with Crippen LogP contribution >= 0.6 is 0 Å². The predicted molar refractivity (Wildman–Crippen MR) is 70.2 cm³/mol. The first-order valence-corrected chi connectivity index (χ1v) is 6.32. The Bertz CT molecular complexity index is 367. The molecule has 0 amide bonds. The lowest BCUT2D eigenvalue weighted by atomic mass is 9.91. The highest BCUT2D eigenvalue weighted by molar-refractivity contribution is 5.33. The van der Waals surface area contributed by atoms with E-state index in [1.54, 1.807) is 0 Å². The van der Waals surface area contributed by atoms with E-state index in [2.05, 4.69) is 35.5 Å². The summed E-state index contributed by atoms with van der Waals surface area (Å²) in [5, 5.41) is 13.2. The molecule has 0 spiro atoms. The molecule has 2 rings (SSSR count). The minimum absolute atomic E-state index is 0.401. The fraction of sp³-hybridized carbons (Fsp3) is 0.571. The standard InChI is InChI=1S/C14H22N2O/c1-15-9-14(17)13-6-4-3-5-12(13)11-7-8-16(2)10-11/h3-6,11,14-15,17H,7-10H2,1-2H3. The van der Waals surface area contributed by atoms with Gasteiger partial charge in [-0.1, -0.05) is 24.3 Å². The summed E-state index contributed by atoms with van der Waals surface area (Å²) < 4.78 is 0. The van der Waals surface area contributed by atoms with E-state index < -0.39 is 6.10 Å². The van der Waals surface area contributed by atoms with Gasteiger partial charge in [0.05, 0.1) is 6.10 Å². The Morgan fingerprint density at radius 3 is 2.88 bits per heavy atom. The predicted octanol–water partition coefficient (Wildman–Crippen LogP) is 1.36. The molecule has 1 saturated heterocycles. The lowest BCUT2D eigenvalue weighted by molar-refractivity contribution is 0.176. The van der Waals surface area contributed by atoms with Crippen LogP contribution < -0.4 is 5.32 Å². The fourth-order valence-electron chi connectivity index (χ4n) is 2.68. The molecule has 2 N–H and O–H groups in total. The first-order valence-electron chi connectivity index (χ1n) is 6.32. The highest BCUT2D eigenvalue weighted by Crippen LogP contribution is 2.31. The molecular weight excluding hydrogens is 212 g/mol. The minimum atomic E-state index is -0.401. The second kappa shape index (κ2) is 5.63. The number of nitrogens with one attached hydrogen (secondary N) is 1. The van der Waals surface area contributed by atoms with E-state index in [1.165, 1.54) is 12.0 Å². The lowest BCUT2D eigenvalue weighted by Gasteiger charge is -2.19. The Labute approximate surface area is 103 Å². The Hall–Kier alpha value is -0.900. The molecule has 1 heterocycles. The van der Waals surface area contributed by atoms with Crippen molar-refractivity contribution in [3.05, 3.63) is 35.4 Å². The van der Waals surface area contributed by atoms with E-state index >= 15 is 0 Å². The Morgan fingerprint density at radius 1 is 1.47 bits per heavy atom. The summed E-state index contributed by atoms with van der Waals surface area (Å²) in [5.74, 6) is 0.572. The topological polar surface area (TPSA) is 35.5 Å². The molecule has 0 aromatic heterocycles. The number of aliphatic hydroxyl groups is 1. The van der Waals surface area contributed by atoms with E-state index in [4.69, 9.17) is 0 Å². The number of aliphatic hydroxyl groups excluding tert-OH is 1. The molecule has 2 unspecified atom stereocenters. The number of likely N-dealkylation sites (tertiary alicyclic amines) is 1. The molecule has 1 aliphatic heterocycles. The molecule has 1 aromatic rings. The first-order chi connectivity index (χ1) is 8.22. The van der Waals surface area contributed by atoms with Gasteiger partial charge in [0.15, 0.2) is 0 Å². The summed E-state index contributed by atoms with van der Waals surface area (Å²) in [6, 6.07) is 8.30. The van der Waals surface area contributed by atoms with Crippen LogP contribution in [0, 0.1) is 0 Å². The zero-order chi connectivity index (χ0) is 12.3. The number of hydrogen-bond acceptors (Lipinski definition) is 3. The second-order valence-corrected chi connectivity index (χ2v) is 4.95. The zero-order valence-corrected chi connectivity index (χ0v) is 10.7. The van der Waals surface area contributed by atoms with Crippen molar-refractivity contribution < 1.29 is 5.11 Å². The third kappa shape index (κ3) is 2.86. The third-order valence-corrected chi connectivity index (χ3v) is 3.58. The quantitative estimate of drug-likeness (QED) is 0.825. The van der Waals surface area contributed by atoms with Crippen molar-refractivity contribution in [3.63, 3.8) is 0 Å². The second-order valence-electron chi connectivity index (χ2n) is 4.95. The van der Waals surface area contributed by atoms with Gasteiger partial charge in [-0.3, -0.25) is 0 Å². The summed E-state index contributed by atoms with van der Waals surface area (Å²) in [7, 11) is 4.03. The zero-order valence-electron chi connectivity index (χ0n) is 10.7. The van der Waals surface area contributed by atoms with Gasteiger partial charge in [0.2, 0.25) is 0 Å². The Kier molecular flexibility index (Phi) is 4.15. The van der Waals surface area contributed by atoms with Crippen LogP contribution in [0.5, 0.6) is 0 Å². The molecule has 0 bridgehead atoms. The average Bonchev–Trinajstić information content (AvgIpc) is 2.76. The van der Waals surface area contributed by atoms with E-state index in [9.17, 15) is 5.11 Å². The molecule has 2 atom stereocenters. The highest BCUT2D eigenvalue weighted by Gasteiger charge is 2.24. The van der Waals surface area contributed by atoms with Crippen LogP contribution in [0.25, 0.3) is 0 Å². The van der Waals surface area contributed by atoms with Crippen LogP contribution in [-0.2, 0) is 0 Å². The Balaban J connectivity index is 2.21. The van der Waals surface area contributed by atoms with Gasteiger partial charge in [0.1, 0.15) is 0 Å². The molecule has 0 saturated carbocycles. The van der Waals surface area contributed by atoms with Gasteiger partial charge < -0.3 is 15.3 Å². The van der Waals surface area contributed by atoms with Crippen LogP contribution in [0.1, 0.15) is 29.6 Å². The molecule has 1 fully saturated rings. The van der Waals surface area contributed by atoms with E-state index in [1.807, 2.05) is 13.1 Å². The summed E-state index contributed by atoms with van der Waals surface area (Å²) in [6.07, 6.45) is 0.793. The molecule has 0 radical (unpaired) electrons. The number of hydrogen-bond donors (Lipinski definition) is 2. The van der Waals surface area contributed by atoms with Gasteiger partial charge in [-0.15, -0.1) is 0 Å². The molecule has 0 aliphatic carbocycles. The van der Waals surface area contributed by atoms with Gasteiger partial charge in [0.25, 0.3) is 0 Å². The number of rotatable bonds is 4. The molecule has 3 heteroatoms. The van der Waals surface area contributed by atoms with Crippen molar-refractivity contribution in [2.75, 3.05) is 33.7 Å². The number of likely N-dealkylation sites (N-methyl/N-ethyl adjacent to an activating group) is 2. The maximum absolute atomic E-state index is 10.2. The molecule has 94 valence electrons. The van der Waals surface area contributed by atoms with Crippen LogP contribution in [-0.4, -0.2) is 43.7 Å². The summed E-state index contributed by atoms with van der Waals surface area (Å²) in [4.78, 5) is 2.35. The van der Waals surface area contributed by atoms with Crippen molar-refractivity contribution >= 4 is 0 Å². The summed E-state index contributed by atoms with van der Waals surface area (Å²) >= 11 is 0. The van der Waals surface area contributed by atoms with Crippen molar-refractivity contribution in [1.82, 2.24) is 10.2 Å². The normalized spacial score (nSPS) is 22.9. The molecule has 3 nitrogen and oxygen atoms in total. The van der Waals surface area contributed by atoms with Gasteiger partial charge in [-0.25, -0.2) is 0 Å². The molecule has 1 aromatic carbocycles. The maximum Gasteiger partial charge on any atom is 0.0917 e. The van der Waals surface area contributed by atoms with Gasteiger partial charge in [0, 0.05) is 13.1 Å². The van der Waals surface area contributed by atoms with Crippen LogP contribution in [0.4, 0.5) is 0 Å². The van der Waals surface area contributed by atoms with Crippen LogP contribution in [0.3, 0.4) is 0 Å². The molecular formula is C14H22N2O. The number of benzene rings is 1. The van der Waals surface area contributed by atoms with Crippen molar-refractivity contribution in [1.29, 1.82) is 0 Å². The van der Waals surface area contributed by atoms with Crippen molar-refractivity contribution in [3.8, 4) is 0 Å². The van der Waals surface area contributed by atoms with Crippen LogP contribution in [0.15, 0.2) is 24.3 Å². The van der Waals surface area contributed by atoms with E-state index in [0.717, 1.165) is 18.7 Å². The van der Waals surface area contributed by atoms with E-state index in [0.29, 0.717) is 12.5 Å². The largest absolute Gasteiger partial charge is 0.387 e. The fourth-order valence-corrected chi connectivity index (χ4v) is 2.68. The Morgan fingerprint density at radius 2 is 2.24 bits per heavy atom. The van der Waals surface area contributed by atoms with E-state index in [-0.39, 0.29) is 0 Å². The monoisotopic (exact) mass is 234 g/mol. The summed E-state index contributed by atoms with van der Waals surface area (Å²) in [5.41, 5.74) is 2.40. The molecule has 1 aliphatic rings. The van der Waals surface area contributed by atoms with Crippen molar-refractivity contribution in [2.24, 2.45) is 0 Å². The lowest BCUT2D eigenvalue weighted by Crippen LogP contribution is -2.19. The first kappa shape index (κ1) is 12.6. The smallest absolute Gasteiger partial charge is 0.0917 e. The molecule has 17 heavy (non-hydrogen) atoms.